The van der Waals surface area contributed by atoms with Gasteiger partial charge in [-0.2, -0.15) is 0 Å². The van der Waals surface area contributed by atoms with Crippen molar-refractivity contribution in [1.82, 2.24) is 0 Å². The molecule has 0 unspecified atom stereocenters. The van der Waals surface area contributed by atoms with Gasteiger partial charge in [-0.3, -0.25) is 9.59 Å². The minimum atomic E-state index is -0.00450. The second-order valence-electron chi connectivity index (χ2n) is 6.31. The molecule has 0 aliphatic carbocycles. The van der Waals surface area contributed by atoms with E-state index in [0.29, 0.717) is 11.3 Å². The van der Waals surface area contributed by atoms with Crippen LogP contribution in [0.4, 0.5) is 11.4 Å². The second kappa shape index (κ2) is 8.36. The Bertz CT molecular complexity index is 784. The first-order valence-corrected chi connectivity index (χ1v) is 9.34. The highest BCUT2D eigenvalue weighted by Gasteiger charge is 2.25. The van der Waals surface area contributed by atoms with Gasteiger partial charge in [0, 0.05) is 42.0 Å². The topological polar surface area (TPSA) is 58.6 Å². The zero-order chi connectivity index (χ0) is 18.5. The smallest absolute Gasteiger partial charge is 0.227 e. The lowest BCUT2D eigenvalue weighted by molar-refractivity contribution is -0.120. The Morgan fingerprint density at radius 3 is 2.50 bits per heavy atom. The van der Waals surface area contributed by atoms with Crippen molar-refractivity contribution in [1.29, 1.82) is 0 Å². The SMILES string of the molecule is COc1cc(NC(=O)C2CCN(c3ccc(C=O)cc3)CC2)ccc1Br. The first-order chi connectivity index (χ1) is 12.6. The molecule has 2 aromatic carbocycles. The number of nitrogens with zero attached hydrogens (tertiary/aromatic N) is 1. The van der Waals surface area contributed by atoms with Crippen molar-refractivity contribution in [2.75, 3.05) is 30.4 Å². The van der Waals surface area contributed by atoms with Crippen LogP contribution >= 0.6 is 15.9 Å². The van der Waals surface area contributed by atoms with E-state index in [-0.39, 0.29) is 11.8 Å². The van der Waals surface area contributed by atoms with Gasteiger partial charge < -0.3 is 15.0 Å². The van der Waals surface area contributed by atoms with Gasteiger partial charge in [0.2, 0.25) is 5.91 Å². The molecule has 1 N–H and O–H groups in total. The number of amides is 1. The van der Waals surface area contributed by atoms with Crippen LogP contribution < -0.4 is 15.0 Å². The van der Waals surface area contributed by atoms with E-state index in [0.717, 1.165) is 48.1 Å². The number of carbonyl (C=O) groups is 2. The third-order valence-electron chi connectivity index (χ3n) is 4.68. The minimum absolute atomic E-state index is 0.00450. The average Bonchev–Trinajstić information content (AvgIpc) is 2.69. The Morgan fingerprint density at radius 1 is 1.19 bits per heavy atom. The first-order valence-electron chi connectivity index (χ1n) is 8.55. The Kier molecular flexibility index (Phi) is 5.93. The quantitative estimate of drug-likeness (QED) is 0.744. The summed E-state index contributed by atoms with van der Waals surface area (Å²) in [7, 11) is 1.60. The van der Waals surface area contributed by atoms with E-state index in [9.17, 15) is 9.59 Å². The lowest BCUT2D eigenvalue weighted by atomic mass is 9.95. The van der Waals surface area contributed by atoms with Crippen LogP contribution in [0.15, 0.2) is 46.9 Å². The summed E-state index contributed by atoms with van der Waals surface area (Å²) in [4.78, 5) is 25.6. The number of hydrogen-bond acceptors (Lipinski definition) is 4. The summed E-state index contributed by atoms with van der Waals surface area (Å²) in [6.45, 7) is 1.64. The van der Waals surface area contributed by atoms with Crippen molar-refractivity contribution in [3.63, 3.8) is 0 Å². The predicted molar refractivity (Wildman–Crippen MR) is 106 cm³/mol. The van der Waals surface area contributed by atoms with Crippen molar-refractivity contribution in [2.24, 2.45) is 5.92 Å². The number of methoxy groups -OCH3 is 1. The molecule has 0 atom stereocenters. The molecule has 26 heavy (non-hydrogen) atoms. The molecule has 0 radical (unpaired) electrons. The number of halogens is 1. The molecule has 0 saturated carbocycles. The standard InChI is InChI=1S/C20H21BrN2O3/c1-26-19-12-16(4-7-18(19)21)22-20(25)15-8-10-23(11-9-15)17-5-2-14(13-24)3-6-17/h2-7,12-13,15H,8-11H2,1H3,(H,22,25). The van der Waals surface area contributed by atoms with Gasteiger partial charge in [-0.1, -0.05) is 0 Å². The number of hydrogen-bond donors (Lipinski definition) is 1. The average molecular weight is 417 g/mol. The third kappa shape index (κ3) is 4.25. The highest BCUT2D eigenvalue weighted by Crippen LogP contribution is 2.29. The molecular weight excluding hydrogens is 396 g/mol. The van der Waals surface area contributed by atoms with Crippen molar-refractivity contribution in [3.05, 3.63) is 52.5 Å². The maximum Gasteiger partial charge on any atom is 0.227 e. The molecule has 3 rings (SSSR count). The van der Waals surface area contributed by atoms with Gasteiger partial charge in [0.25, 0.3) is 0 Å². The third-order valence-corrected chi connectivity index (χ3v) is 5.33. The van der Waals surface area contributed by atoms with Gasteiger partial charge in [0.1, 0.15) is 12.0 Å². The van der Waals surface area contributed by atoms with E-state index in [4.69, 9.17) is 4.74 Å². The van der Waals surface area contributed by atoms with Crippen LogP contribution in [0, 0.1) is 5.92 Å². The summed E-state index contributed by atoms with van der Waals surface area (Å²) in [5.74, 6) is 0.733. The number of carbonyl (C=O) groups excluding carboxylic acids is 2. The number of anilines is 2. The Balaban J connectivity index is 1.57. The monoisotopic (exact) mass is 416 g/mol. The number of piperidine rings is 1. The summed E-state index contributed by atoms with van der Waals surface area (Å²) in [6.07, 6.45) is 2.45. The molecule has 1 aliphatic heterocycles. The van der Waals surface area contributed by atoms with Crippen LogP contribution in [0.1, 0.15) is 23.2 Å². The van der Waals surface area contributed by atoms with Crippen LogP contribution in [0.2, 0.25) is 0 Å². The van der Waals surface area contributed by atoms with E-state index in [1.165, 1.54) is 0 Å². The first kappa shape index (κ1) is 18.5. The van der Waals surface area contributed by atoms with Gasteiger partial charge in [0.05, 0.1) is 11.6 Å². The number of nitrogens with one attached hydrogen (secondary N) is 1. The largest absolute Gasteiger partial charge is 0.495 e. The zero-order valence-electron chi connectivity index (χ0n) is 14.6. The molecule has 1 heterocycles. The molecule has 136 valence electrons. The van der Waals surface area contributed by atoms with E-state index >= 15 is 0 Å². The predicted octanol–water partition coefficient (Wildman–Crippen LogP) is 4.13. The molecule has 0 spiro atoms. The second-order valence-corrected chi connectivity index (χ2v) is 7.16. The number of aldehydes is 1. The molecule has 1 saturated heterocycles. The number of ether oxygens (including phenoxy) is 1. The van der Waals surface area contributed by atoms with E-state index < -0.39 is 0 Å². The maximum absolute atomic E-state index is 12.6. The lowest BCUT2D eigenvalue weighted by Crippen LogP contribution is -2.38. The summed E-state index contributed by atoms with van der Waals surface area (Å²) in [5.41, 5.74) is 2.50. The summed E-state index contributed by atoms with van der Waals surface area (Å²) < 4.78 is 6.12. The fourth-order valence-electron chi connectivity index (χ4n) is 3.15. The van der Waals surface area contributed by atoms with Crippen molar-refractivity contribution >= 4 is 39.5 Å². The molecule has 2 aromatic rings. The van der Waals surface area contributed by atoms with Gasteiger partial charge >= 0.3 is 0 Å². The Hall–Kier alpha value is -2.34. The van der Waals surface area contributed by atoms with E-state index in [1.54, 1.807) is 7.11 Å². The maximum atomic E-state index is 12.6. The van der Waals surface area contributed by atoms with Gasteiger partial charge in [-0.05, 0) is 65.2 Å². The van der Waals surface area contributed by atoms with Crippen molar-refractivity contribution < 1.29 is 14.3 Å². The number of rotatable bonds is 5. The fraction of sp³-hybridized carbons (Fsp3) is 0.300. The molecule has 6 heteroatoms. The van der Waals surface area contributed by atoms with Crippen LogP contribution in [-0.4, -0.2) is 32.4 Å². The molecule has 0 aromatic heterocycles. The molecule has 5 nitrogen and oxygen atoms in total. The Morgan fingerprint density at radius 2 is 1.88 bits per heavy atom. The molecule has 1 fully saturated rings. The van der Waals surface area contributed by atoms with Crippen LogP contribution in [0.5, 0.6) is 5.75 Å². The van der Waals surface area contributed by atoms with Crippen LogP contribution in [0.25, 0.3) is 0 Å². The molecule has 1 amide bonds. The highest BCUT2D eigenvalue weighted by atomic mass is 79.9. The highest BCUT2D eigenvalue weighted by molar-refractivity contribution is 9.10. The molecule has 0 bridgehead atoms. The molecule has 1 aliphatic rings. The van der Waals surface area contributed by atoms with Gasteiger partial charge in [0.15, 0.2) is 0 Å². The fourth-order valence-corrected chi connectivity index (χ4v) is 3.55. The summed E-state index contributed by atoms with van der Waals surface area (Å²) >= 11 is 3.41. The van der Waals surface area contributed by atoms with E-state index in [1.807, 2.05) is 42.5 Å². The van der Waals surface area contributed by atoms with Gasteiger partial charge in [-0.25, -0.2) is 0 Å². The van der Waals surface area contributed by atoms with Crippen LogP contribution in [0.3, 0.4) is 0 Å². The van der Waals surface area contributed by atoms with Crippen molar-refractivity contribution in [2.45, 2.75) is 12.8 Å². The normalized spacial score (nSPS) is 14.8. The lowest BCUT2D eigenvalue weighted by Gasteiger charge is -2.33. The van der Waals surface area contributed by atoms with Crippen molar-refractivity contribution in [3.8, 4) is 5.75 Å². The number of benzene rings is 2. The summed E-state index contributed by atoms with van der Waals surface area (Å²) in [5, 5.41) is 2.99. The zero-order valence-corrected chi connectivity index (χ0v) is 16.2. The minimum Gasteiger partial charge on any atom is -0.495 e. The van der Waals surface area contributed by atoms with Crippen LogP contribution in [-0.2, 0) is 4.79 Å². The Labute approximate surface area is 161 Å². The summed E-state index contributed by atoms with van der Waals surface area (Å²) in [6, 6.07) is 13.1. The molecular formula is C20H21BrN2O3. The van der Waals surface area contributed by atoms with Gasteiger partial charge in [-0.15, -0.1) is 0 Å². The van der Waals surface area contributed by atoms with E-state index in [2.05, 4.69) is 26.1 Å².